The van der Waals surface area contributed by atoms with Crippen molar-refractivity contribution in [1.82, 2.24) is 0 Å². The number of unbranched alkanes of at least 4 members (excludes halogenated alkanes) is 1. The molecule has 4 saturated carbocycles. The fraction of sp³-hybridized carbons (Fsp3) is 0.875. The zero-order valence-electron chi connectivity index (χ0n) is 18.8. The molecule has 0 aliphatic heterocycles. The van der Waals surface area contributed by atoms with Gasteiger partial charge in [-0.2, -0.15) is 0 Å². The monoisotopic (exact) mass is 428 g/mol. The van der Waals surface area contributed by atoms with E-state index < -0.39 is 5.92 Å². The van der Waals surface area contributed by atoms with Crippen molar-refractivity contribution < 1.29 is 27.8 Å². The van der Waals surface area contributed by atoms with Gasteiger partial charge >= 0.3 is 5.97 Å². The number of carbonyl (C=O) groups excluding carboxylic acids is 1. The Bertz CT molecular complexity index is 613. The van der Waals surface area contributed by atoms with E-state index in [4.69, 9.17) is 14.2 Å². The summed E-state index contributed by atoms with van der Waals surface area (Å²) in [5, 5.41) is 0. The molecule has 0 saturated heterocycles. The summed E-state index contributed by atoms with van der Waals surface area (Å²) in [6.07, 6.45) is 7.46. The minimum atomic E-state index is -2.59. The first-order valence-electron chi connectivity index (χ1n) is 11.4. The third-order valence-electron chi connectivity index (χ3n) is 7.09. The SMILES string of the molecule is C=C(C)C(=O)OCCCCOC(C)OCC12CC3CC(C1)CC(CC(C)(F)F)(C3)C2. The molecular formula is C24H38F2O4. The van der Waals surface area contributed by atoms with Crippen molar-refractivity contribution in [2.24, 2.45) is 22.7 Å². The largest absolute Gasteiger partial charge is 0.462 e. The van der Waals surface area contributed by atoms with Crippen LogP contribution in [0.4, 0.5) is 8.78 Å². The van der Waals surface area contributed by atoms with Gasteiger partial charge in [0.25, 0.3) is 0 Å². The number of halogens is 2. The van der Waals surface area contributed by atoms with Gasteiger partial charge in [-0.3, -0.25) is 0 Å². The standard InChI is InChI=1S/C24H38F2O4/c1-17(2)21(27)29-8-6-5-7-28-18(3)30-16-24-12-19-9-20(13-24)11-23(10-19,15-24)14-22(4,25)26/h18-20H,1,5-16H2,2-4H3. The summed E-state index contributed by atoms with van der Waals surface area (Å²) in [5.41, 5.74) is 0.253. The van der Waals surface area contributed by atoms with E-state index in [-0.39, 0.29) is 29.5 Å². The number of hydrogen-bond acceptors (Lipinski definition) is 4. The van der Waals surface area contributed by atoms with E-state index in [9.17, 15) is 13.6 Å². The van der Waals surface area contributed by atoms with E-state index in [1.165, 1.54) is 6.42 Å². The Kier molecular flexibility index (Phi) is 7.28. The van der Waals surface area contributed by atoms with Gasteiger partial charge in [0.1, 0.15) is 0 Å². The van der Waals surface area contributed by atoms with Crippen molar-refractivity contribution in [1.29, 1.82) is 0 Å². The normalized spacial score (nSPS) is 33.5. The van der Waals surface area contributed by atoms with Crippen LogP contribution in [-0.4, -0.2) is 38.0 Å². The smallest absolute Gasteiger partial charge is 0.333 e. The number of hydrogen-bond donors (Lipinski definition) is 0. The summed E-state index contributed by atoms with van der Waals surface area (Å²) in [7, 11) is 0. The zero-order valence-corrected chi connectivity index (χ0v) is 18.8. The van der Waals surface area contributed by atoms with Crippen LogP contribution in [0.5, 0.6) is 0 Å². The highest BCUT2D eigenvalue weighted by Gasteiger charge is 2.59. The highest BCUT2D eigenvalue weighted by atomic mass is 19.3. The first-order valence-corrected chi connectivity index (χ1v) is 11.4. The van der Waals surface area contributed by atoms with E-state index >= 15 is 0 Å². The van der Waals surface area contributed by atoms with Gasteiger partial charge in [-0.1, -0.05) is 6.58 Å². The van der Waals surface area contributed by atoms with Crippen LogP contribution in [0, 0.1) is 22.7 Å². The Balaban J connectivity index is 1.40. The molecule has 4 nitrogen and oxygen atoms in total. The third kappa shape index (κ3) is 6.25. The average molecular weight is 429 g/mol. The van der Waals surface area contributed by atoms with Crippen LogP contribution in [0.2, 0.25) is 0 Å². The van der Waals surface area contributed by atoms with E-state index in [0.29, 0.717) is 37.2 Å². The number of carbonyl (C=O) groups is 1. The molecule has 4 bridgehead atoms. The van der Waals surface area contributed by atoms with E-state index in [1.54, 1.807) is 6.92 Å². The second-order valence-electron chi connectivity index (χ2n) is 10.6. The highest BCUT2D eigenvalue weighted by molar-refractivity contribution is 5.86. The Morgan fingerprint density at radius 3 is 2.30 bits per heavy atom. The molecule has 0 aromatic rings. The summed E-state index contributed by atoms with van der Waals surface area (Å²) < 4.78 is 44.7. The lowest BCUT2D eigenvalue weighted by atomic mass is 9.43. The maximum Gasteiger partial charge on any atom is 0.333 e. The van der Waals surface area contributed by atoms with Crippen LogP contribution >= 0.6 is 0 Å². The Morgan fingerprint density at radius 1 is 1.10 bits per heavy atom. The van der Waals surface area contributed by atoms with Crippen LogP contribution < -0.4 is 0 Å². The quantitative estimate of drug-likeness (QED) is 0.168. The highest BCUT2D eigenvalue weighted by Crippen LogP contribution is 2.67. The Hall–Kier alpha value is -1.01. The Morgan fingerprint density at radius 2 is 1.70 bits per heavy atom. The van der Waals surface area contributed by atoms with Gasteiger partial charge in [-0.15, -0.1) is 0 Å². The van der Waals surface area contributed by atoms with Gasteiger partial charge in [0.2, 0.25) is 5.92 Å². The van der Waals surface area contributed by atoms with Crippen molar-refractivity contribution in [2.45, 2.75) is 90.8 Å². The lowest BCUT2D eigenvalue weighted by molar-refractivity contribution is -0.202. The van der Waals surface area contributed by atoms with E-state index in [1.807, 2.05) is 6.92 Å². The minimum Gasteiger partial charge on any atom is -0.462 e. The summed E-state index contributed by atoms with van der Waals surface area (Å²) >= 11 is 0. The van der Waals surface area contributed by atoms with Gasteiger partial charge < -0.3 is 14.2 Å². The molecule has 0 aromatic carbocycles. The third-order valence-corrected chi connectivity index (χ3v) is 7.09. The molecule has 0 spiro atoms. The average Bonchev–Trinajstić information content (AvgIpc) is 2.59. The number of rotatable bonds is 12. The fourth-order valence-corrected chi connectivity index (χ4v) is 6.77. The lowest BCUT2D eigenvalue weighted by Crippen LogP contribution is -2.55. The van der Waals surface area contributed by atoms with Crippen molar-refractivity contribution >= 4 is 5.97 Å². The number of alkyl halides is 2. The predicted molar refractivity (Wildman–Crippen MR) is 111 cm³/mol. The molecule has 4 rings (SSSR count). The molecule has 6 heteroatoms. The first-order chi connectivity index (χ1) is 14.0. The topological polar surface area (TPSA) is 44.8 Å². The van der Waals surface area contributed by atoms with Crippen LogP contribution in [0.3, 0.4) is 0 Å². The minimum absolute atomic E-state index is 0.0246. The first kappa shape index (κ1) is 23.6. The van der Waals surface area contributed by atoms with Gasteiger partial charge in [0.05, 0.1) is 13.2 Å². The maximum atomic E-state index is 13.9. The summed E-state index contributed by atoms with van der Waals surface area (Å²) in [5.74, 6) is -1.80. The van der Waals surface area contributed by atoms with Gasteiger partial charge in [-0.05, 0) is 94.8 Å². The molecule has 0 heterocycles. The molecule has 4 aliphatic carbocycles. The summed E-state index contributed by atoms with van der Waals surface area (Å²) in [6, 6.07) is 0. The van der Waals surface area contributed by atoms with Crippen LogP contribution in [-0.2, 0) is 19.0 Å². The molecule has 0 aromatic heterocycles. The lowest BCUT2D eigenvalue weighted by Gasteiger charge is -2.62. The zero-order chi connectivity index (χ0) is 22.0. The van der Waals surface area contributed by atoms with Crippen molar-refractivity contribution in [3.8, 4) is 0 Å². The van der Waals surface area contributed by atoms with E-state index in [2.05, 4.69) is 6.58 Å². The molecule has 4 fully saturated rings. The molecule has 172 valence electrons. The molecule has 0 N–H and O–H groups in total. The number of esters is 1. The maximum absolute atomic E-state index is 13.9. The van der Waals surface area contributed by atoms with Crippen molar-refractivity contribution in [3.63, 3.8) is 0 Å². The number of ether oxygens (including phenoxy) is 3. The molecule has 0 radical (unpaired) electrons. The molecule has 3 atom stereocenters. The fourth-order valence-electron chi connectivity index (χ4n) is 6.77. The van der Waals surface area contributed by atoms with Crippen molar-refractivity contribution in [3.05, 3.63) is 12.2 Å². The van der Waals surface area contributed by atoms with Crippen LogP contribution in [0.15, 0.2) is 12.2 Å². The van der Waals surface area contributed by atoms with Gasteiger partial charge in [0.15, 0.2) is 6.29 Å². The molecule has 30 heavy (non-hydrogen) atoms. The van der Waals surface area contributed by atoms with Gasteiger partial charge in [-0.25, -0.2) is 13.6 Å². The van der Waals surface area contributed by atoms with Crippen LogP contribution in [0.25, 0.3) is 0 Å². The summed E-state index contributed by atoms with van der Waals surface area (Å²) in [6.45, 7) is 9.66. The van der Waals surface area contributed by atoms with E-state index in [0.717, 1.165) is 51.9 Å². The molecular weight excluding hydrogens is 390 g/mol. The van der Waals surface area contributed by atoms with Crippen molar-refractivity contribution in [2.75, 3.05) is 19.8 Å². The van der Waals surface area contributed by atoms with Crippen LogP contribution in [0.1, 0.15) is 78.6 Å². The Labute approximate surface area is 179 Å². The second kappa shape index (κ2) is 9.23. The van der Waals surface area contributed by atoms with Gasteiger partial charge in [0, 0.05) is 18.6 Å². The molecule has 0 amide bonds. The molecule has 3 unspecified atom stereocenters. The predicted octanol–water partition coefficient (Wildman–Crippen LogP) is 5.90. The second-order valence-corrected chi connectivity index (χ2v) is 10.6. The molecule has 4 aliphatic rings. The summed E-state index contributed by atoms with van der Waals surface area (Å²) in [4.78, 5) is 11.3.